The predicted octanol–water partition coefficient (Wildman–Crippen LogP) is 1.90. The third-order valence-electron chi connectivity index (χ3n) is 3.94. The summed E-state index contributed by atoms with van der Waals surface area (Å²) < 4.78 is 5.08. The van der Waals surface area contributed by atoms with Gasteiger partial charge >= 0.3 is 5.97 Å². The maximum Gasteiger partial charge on any atom is 0.320 e. The summed E-state index contributed by atoms with van der Waals surface area (Å²) in [5.41, 5.74) is 0.0597. The van der Waals surface area contributed by atoms with Gasteiger partial charge in [0.25, 0.3) is 5.69 Å². The largest absolute Gasteiger partial charge is 0.495 e. The molecule has 9 nitrogen and oxygen atoms in total. The fourth-order valence-electron chi connectivity index (χ4n) is 2.74. The summed E-state index contributed by atoms with van der Waals surface area (Å²) in [7, 11) is 1.40. The molecule has 1 aliphatic heterocycles. The highest BCUT2D eigenvalue weighted by molar-refractivity contribution is 5.92. The van der Waals surface area contributed by atoms with E-state index in [-0.39, 0.29) is 36.1 Å². The Bertz CT molecular complexity index is 654. The number of ether oxygens (including phenoxy) is 1. The van der Waals surface area contributed by atoms with Crippen LogP contribution in [0.25, 0.3) is 0 Å². The maximum atomic E-state index is 12.1. The number of rotatable bonds is 7. The number of nitrogens with one attached hydrogen (secondary N) is 1. The van der Waals surface area contributed by atoms with E-state index in [0.29, 0.717) is 25.3 Å². The second-order valence-electron chi connectivity index (χ2n) is 5.47. The Morgan fingerprint density at radius 1 is 1.48 bits per heavy atom. The van der Waals surface area contributed by atoms with E-state index in [1.807, 2.05) is 0 Å². The predicted molar refractivity (Wildman–Crippen MR) is 92.4 cm³/mol. The van der Waals surface area contributed by atoms with Crippen molar-refractivity contribution in [3.8, 4) is 5.75 Å². The molecule has 0 aromatic heterocycles. The van der Waals surface area contributed by atoms with Gasteiger partial charge in [0.05, 0.1) is 17.7 Å². The van der Waals surface area contributed by atoms with Crippen molar-refractivity contribution < 1.29 is 24.4 Å². The molecule has 1 heterocycles. The van der Waals surface area contributed by atoms with Crippen molar-refractivity contribution in [3.63, 3.8) is 0 Å². The highest BCUT2D eigenvalue weighted by Gasteiger charge is 2.30. The number of nitro groups is 1. The molecule has 10 heteroatoms. The standard InChI is InChI=1S/C15H19N3O6.ClH/c1-24-13-5-4-10(18(22)23)9-11(13)16-14(19)6-8-17-7-2-3-12(17)15(20)21;/h4-5,9,12H,2-3,6-8H2,1H3,(H,16,19)(H,20,21);1H. The van der Waals surface area contributed by atoms with Gasteiger partial charge in [-0.25, -0.2) is 0 Å². The number of anilines is 1. The zero-order valence-electron chi connectivity index (χ0n) is 13.6. The number of nitrogens with zero attached hydrogens (tertiary/aromatic N) is 2. The van der Waals surface area contributed by atoms with Gasteiger partial charge in [-0.2, -0.15) is 0 Å². The number of nitro benzene ring substituents is 1. The van der Waals surface area contributed by atoms with Crippen LogP contribution in [-0.4, -0.2) is 53.0 Å². The lowest BCUT2D eigenvalue weighted by Gasteiger charge is -2.20. The number of hydrogen-bond acceptors (Lipinski definition) is 6. The van der Waals surface area contributed by atoms with Gasteiger partial charge in [0.2, 0.25) is 5.91 Å². The average molecular weight is 374 g/mol. The normalized spacial score (nSPS) is 16.8. The van der Waals surface area contributed by atoms with Crippen LogP contribution in [0.15, 0.2) is 18.2 Å². The average Bonchev–Trinajstić information content (AvgIpc) is 3.01. The molecular formula is C15H20ClN3O6. The molecule has 0 bridgehead atoms. The quantitative estimate of drug-likeness (QED) is 0.552. The Morgan fingerprint density at radius 2 is 2.20 bits per heavy atom. The summed E-state index contributed by atoms with van der Waals surface area (Å²) >= 11 is 0. The Kier molecular flexibility index (Phi) is 7.59. The number of aliphatic carboxylic acids is 1. The maximum absolute atomic E-state index is 12.1. The first kappa shape index (κ1) is 20.7. The van der Waals surface area contributed by atoms with Crippen molar-refractivity contribution >= 4 is 35.7 Å². The van der Waals surface area contributed by atoms with Crippen LogP contribution in [0.2, 0.25) is 0 Å². The summed E-state index contributed by atoms with van der Waals surface area (Å²) in [6, 6.07) is 3.38. The van der Waals surface area contributed by atoms with Crippen LogP contribution < -0.4 is 10.1 Å². The van der Waals surface area contributed by atoms with E-state index in [9.17, 15) is 19.7 Å². The summed E-state index contributed by atoms with van der Waals surface area (Å²) in [5.74, 6) is -0.920. The van der Waals surface area contributed by atoms with E-state index >= 15 is 0 Å². The second-order valence-corrected chi connectivity index (χ2v) is 5.47. The number of carbonyl (C=O) groups excluding carboxylic acids is 1. The summed E-state index contributed by atoms with van der Waals surface area (Å²) in [6.07, 6.45) is 1.46. The van der Waals surface area contributed by atoms with E-state index in [2.05, 4.69) is 5.32 Å². The van der Waals surface area contributed by atoms with Crippen molar-refractivity contribution in [2.45, 2.75) is 25.3 Å². The monoisotopic (exact) mass is 373 g/mol. The minimum absolute atomic E-state index is 0. The van der Waals surface area contributed by atoms with E-state index in [1.165, 1.54) is 25.3 Å². The van der Waals surface area contributed by atoms with E-state index in [1.54, 1.807) is 4.90 Å². The fourth-order valence-corrected chi connectivity index (χ4v) is 2.74. The van der Waals surface area contributed by atoms with E-state index in [0.717, 1.165) is 6.42 Å². The molecule has 1 aromatic carbocycles. The smallest absolute Gasteiger partial charge is 0.320 e. The summed E-state index contributed by atoms with van der Waals surface area (Å²) in [4.78, 5) is 35.2. The van der Waals surface area contributed by atoms with Crippen LogP contribution in [0.3, 0.4) is 0 Å². The molecule has 1 aliphatic rings. The Balaban J connectivity index is 0.00000312. The van der Waals surface area contributed by atoms with Crippen LogP contribution >= 0.6 is 12.4 Å². The number of benzene rings is 1. The molecule has 1 fully saturated rings. The van der Waals surface area contributed by atoms with Crippen LogP contribution in [0.5, 0.6) is 5.75 Å². The molecule has 1 amide bonds. The molecule has 1 aromatic rings. The third-order valence-corrected chi connectivity index (χ3v) is 3.94. The van der Waals surface area contributed by atoms with Crippen molar-refractivity contribution in [3.05, 3.63) is 28.3 Å². The first-order chi connectivity index (χ1) is 11.4. The first-order valence-corrected chi connectivity index (χ1v) is 7.51. The molecule has 0 radical (unpaired) electrons. The Labute approximate surface area is 150 Å². The molecule has 1 unspecified atom stereocenters. The number of amides is 1. The van der Waals surface area contributed by atoms with Gasteiger partial charge in [0.15, 0.2) is 0 Å². The zero-order chi connectivity index (χ0) is 17.7. The molecule has 2 rings (SSSR count). The molecule has 1 saturated heterocycles. The lowest BCUT2D eigenvalue weighted by Crippen LogP contribution is -2.37. The van der Waals surface area contributed by atoms with E-state index < -0.39 is 16.9 Å². The molecule has 0 spiro atoms. The van der Waals surface area contributed by atoms with Crippen LogP contribution in [0.1, 0.15) is 19.3 Å². The molecule has 0 saturated carbocycles. The van der Waals surface area contributed by atoms with Gasteiger partial charge in [0.1, 0.15) is 11.8 Å². The van der Waals surface area contributed by atoms with Crippen LogP contribution in [0, 0.1) is 10.1 Å². The number of hydrogen-bond donors (Lipinski definition) is 2. The molecule has 2 N–H and O–H groups in total. The van der Waals surface area contributed by atoms with Gasteiger partial charge in [-0.3, -0.25) is 24.6 Å². The number of non-ortho nitro benzene ring substituents is 1. The number of carboxylic acid groups (broad SMARTS) is 1. The van der Waals surface area contributed by atoms with Gasteiger partial charge in [-0.1, -0.05) is 0 Å². The van der Waals surface area contributed by atoms with Crippen molar-refractivity contribution in [1.29, 1.82) is 0 Å². The van der Waals surface area contributed by atoms with Crippen molar-refractivity contribution in [1.82, 2.24) is 4.90 Å². The SMILES string of the molecule is COc1ccc([N+](=O)[O-])cc1NC(=O)CCN1CCCC1C(=O)O.Cl. The van der Waals surface area contributed by atoms with Gasteiger partial charge in [-0.05, 0) is 25.5 Å². The number of carbonyl (C=O) groups is 2. The minimum Gasteiger partial charge on any atom is -0.495 e. The number of likely N-dealkylation sites (tertiary alicyclic amines) is 1. The summed E-state index contributed by atoms with van der Waals surface area (Å²) in [6.45, 7) is 0.963. The third kappa shape index (κ3) is 5.30. The summed E-state index contributed by atoms with van der Waals surface area (Å²) in [5, 5.41) is 22.5. The number of carboxylic acids is 1. The van der Waals surface area contributed by atoms with Crippen LogP contribution in [-0.2, 0) is 9.59 Å². The van der Waals surface area contributed by atoms with Crippen molar-refractivity contribution in [2.75, 3.05) is 25.5 Å². The molecule has 0 aliphatic carbocycles. The molecule has 25 heavy (non-hydrogen) atoms. The molecule has 1 atom stereocenters. The highest BCUT2D eigenvalue weighted by atomic mass is 35.5. The van der Waals surface area contributed by atoms with Crippen molar-refractivity contribution in [2.24, 2.45) is 0 Å². The zero-order valence-corrected chi connectivity index (χ0v) is 14.5. The Morgan fingerprint density at radius 3 is 2.80 bits per heavy atom. The van der Waals surface area contributed by atoms with Gasteiger partial charge < -0.3 is 15.2 Å². The topological polar surface area (TPSA) is 122 Å². The molecule has 138 valence electrons. The van der Waals surface area contributed by atoms with Gasteiger partial charge in [-0.15, -0.1) is 12.4 Å². The van der Waals surface area contributed by atoms with Crippen LogP contribution in [0.4, 0.5) is 11.4 Å². The number of methoxy groups -OCH3 is 1. The second kappa shape index (κ2) is 9.19. The lowest BCUT2D eigenvalue weighted by atomic mass is 10.2. The minimum atomic E-state index is -0.881. The lowest BCUT2D eigenvalue weighted by molar-refractivity contribution is -0.384. The fraction of sp³-hybridized carbons (Fsp3) is 0.467. The van der Waals surface area contributed by atoms with E-state index in [4.69, 9.17) is 9.84 Å². The van der Waals surface area contributed by atoms with Gasteiger partial charge in [0, 0.05) is 25.1 Å². The molecular weight excluding hydrogens is 354 g/mol. The first-order valence-electron chi connectivity index (χ1n) is 7.51. The highest BCUT2D eigenvalue weighted by Crippen LogP contribution is 2.29. The number of halogens is 1. The Hall–Kier alpha value is -2.39.